The van der Waals surface area contributed by atoms with Crippen molar-refractivity contribution in [3.8, 4) is 0 Å². The number of nitrogens with one attached hydrogen (secondary N) is 1. The smallest absolute Gasteiger partial charge is 0.248 e. The highest BCUT2D eigenvalue weighted by atomic mass is 32.2. The van der Waals surface area contributed by atoms with Crippen LogP contribution < -0.4 is 10.5 Å². The molecule has 1 heterocycles. The Kier molecular flexibility index (Phi) is 5.52. The van der Waals surface area contributed by atoms with Crippen LogP contribution in [0.4, 0.5) is 0 Å². The molecule has 22 heavy (non-hydrogen) atoms. The minimum Gasteiger partial charge on any atom is -0.379 e. The van der Waals surface area contributed by atoms with E-state index in [9.17, 15) is 13.2 Å². The number of benzene rings is 1. The zero-order valence-electron chi connectivity index (χ0n) is 12.5. The number of rotatable bonds is 6. The normalized spacial score (nSPS) is 18.0. The third-order valence-corrected chi connectivity index (χ3v) is 5.13. The molecule has 1 fully saturated rings. The molecule has 8 heteroatoms. The van der Waals surface area contributed by atoms with E-state index in [0.29, 0.717) is 19.8 Å². The van der Waals surface area contributed by atoms with Gasteiger partial charge in [-0.05, 0) is 31.2 Å². The van der Waals surface area contributed by atoms with E-state index in [-0.39, 0.29) is 16.5 Å². The van der Waals surface area contributed by atoms with Crippen molar-refractivity contribution in [2.24, 2.45) is 5.73 Å². The second-order valence-electron chi connectivity index (χ2n) is 5.24. The van der Waals surface area contributed by atoms with Gasteiger partial charge < -0.3 is 10.5 Å². The number of hydrogen-bond donors (Lipinski definition) is 2. The fraction of sp³-hybridized carbons (Fsp3) is 0.500. The predicted molar refractivity (Wildman–Crippen MR) is 82.0 cm³/mol. The Balaban J connectivity index is 1.96. The van der Waals surface area contributed by atoms with Crippen LogP contribution in [0.2, 0.25) is 0 Å². The summed E-state index contributed by atoms with van der Waals surface area (Å²) in [7, 11) is -3.60. The summed E-state index contributed by atoms with van der Waals surface area (Å²) in [6, 6.07) is 5.65. The van der Waals surface area contributed by atoms with Gasteiger partial charge in [-0.2, -0.15) is 0 Å². The molecule has 1 amide bonds. The van der Waals surface area contributed by atoms with E-state index < -0.39 is 15.9 Å². The van der Waals surface area contributed by atoms with Gasteiger partial charge in [-0.15, -0.1) is 0 Å². The fourth-order valence-electron chi connectivity index (χ4n) is 2.26. The van der Waals surface area contributed by atoms with E-state index in [2.05, 4.69) is 9.62 Å². The van der Waals surface area contributed by atoms with Crippen LogP contribution in [0.5, 0.6) is 0 Å². The zero-order chi connectivity index (χ0) is 16.2. The number of primary amides is 1. The van der Waals surface area contributed by atoms with Crippen LogP contribution in [0.15, 0.2) is 29.2 Å². The average molecular weight is 327 g/mol. The van der Waals surface area contributed by atoms with Crippen LogP contribution in [0.1, 0.15) is 17.3 Å². The quantitative estimate of drug-likeness (QED) is 0.752. The average Bonchev–Trinajstić information content (AvgIpc) is 2.53. The SMILES string of the molecule is CC(CNS(=O)(=O)c1ccc(C(N)=O)cc1)N1CCOCC1. The summed E-state index contributed by atoms with van der Waals surface area (Å²) in [5.74, 6) is -0.585. The minimum absolute atomic E-state index is 0.0866. The first-order valence-corrected chi connectivity index (χ1v) is 8.60. The summed E-state index contributed by atoms with van der Waals surface area (Å²) >= 11 is 0. The molecule has 3 N–H and O–H groups in total. The summed E-state index contributed by atoms with van der Waals surface area (Å²) in [4.78, 5) is 13.3. The van der Waals surface area contributed by atoms with Crippen LogP contribution in [0.25, 0.3) is 0 Å². The highest BCUT2D eigenvalue weighted by molar-refractivity contribution is 7.89. The lowest BCUT2D eigenvalue weighted by Crippen LogP contribution is -2.47. The molecule has 1 aromatic rings. The van der Waals surface area contributed by atoms with Crippen molar-refractivity contribution >= 4 is 15.9 Å². The summed E-state index contributed by atoms with van der Waals surface area (Å²) in [5.41, 5.74) is 5.41. The number of nitrogens with two attached hydrogens (primary N) is 1. The second-order valence-corrected chi connectivity index (χ2v) is 7.00. The van der Waals surface area contributed by atoms with Crippen molar-refractivity contribution in [3.63, 3.8) is 0 Å². The monoisotopic (exact) mass is 327 g/mol. The Labute approximate surface area is 130 Å². The molecular formula is C14H21N3O4S. The van der Waals surface area contributed by atoms with Crippen molar-refractivity contribution < 1.29 is 17.9 Å². The number of nitrogens with zero attached hydrogens (tertiary/aromatic N) is 1. The van der Waals surface area contributed by atoms with Gasteiger partial charge >= 0.3 is 0 Å². The van der Waals surface area contributed by atoms with E-state index in [4.69, 9.17) is 10.5 Å². The standard InChI is InChI=1S/C14H21N3O4S/c1-11(17-6-8-21-9-7-17)10-16-22(19,20)13-4-2-12(3-5-13)14(15)18/h2-5,11,16H,6-10H2,1H3,(H2,15,18). The number of ether oxygens (including phenoxy) is 1. The molecule has 0 radical (unpaired) electrons. The van der Waals surface area contributed by atoms with E-state index in [0.717, 1.165) is 13.1 Å². The third-order valence-electron chi connectivity index (χ3n) is 3.69. The Morgan fingerprint density at radius 3 is 2.45 bits per heavy atom. The molecule has 1 aliphatic rings. The number of sulfonamides is 1. The first kappa shape index (κ1) is 16.9. The molecule has 0 aromatic heterocycles. The highest BCUT2D eigenvalue weighted by Crippen LogP contribution is 2.11. The molecule has 1 atom stereocenters. The van der Waals surface area contributed by atoms with Gasteiger partial charge in [0.05, 0.1) is 18.1 Å². The molecule has 2 rings (SSSR count). The van der Waals surface area contributed by atoms with E-state index >= 15 is 0 Å². The highest BCUT2D eigenvalue weighted by Gasteiger charge is 2.20. The third kappa shape index (κ3) is 4.26. The number of amides is 1. The van der Waals surface area contributed by atoms with Crippen molar-refractivity contribution in [1.82, 2.24) is 9.62 Å². The van der Waals surface area contributed by atoms with Gasteiger partial charge in [-0.1, -0.05) is 0 Å². The lowest BCUT2D eigenvalue weighted by molar-refractivity contribution is 0.0213. The molecule has 122 valence electrons. The Bertz CT molecular complexity index is 609. The van der Waals surface area contributed by atoms with Gasteiger partial charge in [0.2, 0.25) is 15.9 Å². The van der Waals surface area contributed by atoms with Gasteiger partial charge in [-0.25, -0.2) is 13.1 Å². The molecule has 1 unspecified atom stereocenters. The Morgan fingerprint density at radius 1 is 1.32 bits per heavy atom. The molecule has 0 bridgehead atoms. The minimum atomic E-state index is -3.60. The van der Waals surface area contributed by atoms with Crippen LogP contribution in [-0.4, -0.2) is 58.1 Å². The number of hydrogen-bond acceptors (Lipinski definition) is 5. The molecule has 1 saturated heterocycles. The lowest BCUT2D eigenvalue weighted by atomic mass is 10.2. The van der Waals surface area contributed by atoms with Gasteiger partial charge in [0.25, 0.3) is 0 Å². The molecule has 0 spiro atoms. The van der Waals surface area contributed by atoms with Gasteiger partial charge in [0.1, 0.15) is 0 Å². The number of carbonyl (C=O) groups excluding carboxylic acids is 1. The van der Waals surface area contributed by atoms with Crippen molar-refractivity contribution in [2.75, 3.05) is 32.8 Å². The summed E-state index contributed by atoms with van der Waals surface area (Å²) in [5, 5.41) is 0. The second kappa shape index (κ2) is 7.19. The predicted octanol–water partition coefficient (Wildman–Crippen LogP) is -0.215. The van der Waals surface area contributed by atoms with Crippen LogP contribution >= 0.6 is 0 Å². The molecule has 1 aliphatic heterocycles. The molecule has 1 aromatic carbocycles. The lowest BCUT2D eigenvalue weighted by Gasteiger charge is -2.32. The zero-order valence-corrected chi connectivity index (χ0v) is 13.3. The maximum absolute atomic E-state index is 12.2. The van der Waals surface area contributed by atoms with E-state index in [1.807, 2.05) is 6.92 Å². The molecule has 0 aliphatic carbocycles. The van der Waals surface area contributed by atoms with Crippen molar-refractivity contribution in [2.45, 2.75) is 17.9 Å². The maximum atomic E-state index is 12.2. The topological polar surface area (TPSA) is 102 Å². The number of carbonyl (C=O) groups is 1. The van der Waals surface area contributed by atoms with Gasteiger partial charge in [-0.3, -0.25) is 9.69 Å². The summed E-state index contributed by atoms with van der Waals surface area (Å²) in [6.07, 6.45) is 0. The molecule has 7 nitrogen and oxygen atoms in total. The van der Waals surface area contributed by atoms with Crippen molar-refractivity contribution in [3.05, 3.63) is 29.8 Å². The maximum Gasteiger partial charge on any atom is 0.248 e. The van der Waals surface area contributed by atoms with Crippen LogP contribution in [-0.2, 0) is 14.8 Å². The van der Waals surface area contributed by atoms with Gasteiger partial charge in [0.15, 0.2) is 0 Å². The fourth-order valence-corrected chi connectivity index (χ4v) is 3.38. The first-order valence-electron chi connectivity index (χ1n) is 7.11. The first-order chi connectivity index (χ1) is 10.4. The van der Waals surface area contributed by atoms with Crippen molar-refractivity contribution in [1.29, 1.82) is 0 Å². The largest absolute Gasteiger partial charge is 0.379 e. The summed E-state index contributed by atoms with van der Waals surface area (Å²) < 4.78 is 32.3. The Morgan fingerprint density at radius 2 is 1.91 bits per heavy atom. The van der Waals surface area contributed by atoms with E-state index in [1.165, 1.54) is 24.3 Å². The van der Waals surface area contributed by atoms with Gasteiger partial charge in [0, 0.05) is 31.2 Å². The summed E-state index contributed by atoms with van der Waals surface area (Å²) in [6.45, 7) is 5.24. The van der Waals surface area contributed by atoms with Crippen LogP contribution in [0.3, 0.4) is 0 Å². The van der Waals surface area contributed by atoms with Crippen LogP contribution in [0, 0.1) is 0 Å². The molecular weight excluding hydrogens is 306 g/mol. The number of morpholine rings is 1. The Hall–Kier alpha value is -1.48. The molecule has 0 saturated carbocycles. The van der Waals surface area contributed by atoms with E-state index in [1.54, 1.807) is 0 Å².